The number of fused-ring (bicyclic) bond motifs is 1. The van der Waals surface area contributed by atoms with Gasteiger partial charge in [0.05, 0.1) is 6.61 Å². The molecular weight excluding hydrogens is 403 g/mol. The first-order chi connectivity index (χ1) is 9.63. The maximum atomic E-state index is 5.92. The highest BCUT2D eigenvalue weighted by molar-refractivity contribution is 9.10. The molecule has 1 nitrogen and oxygen atoms in total. The normalized spacial score (nSPS) is 14.8. The smallest absolute Gasteiger partial charge is 0.127 e. The molecule has 0 aromatic heterocycles. The van der Waals surface area contributed by atoms with Crippen molar-refractivity contribution in [2.45, 2.75) is 17.7 Å². The van der Waals surface area contributed by atoms with Crippen LogP contribution in [0.5, 0.6) is 5.75 Å². The van der Waals surface area contributed by atoms with Crippen molar-refractivity contribution in [1.82, 2.24) is 0 Å². The lowest BCUT2D eigenvalue weighted by atomic mass is 10.0. The number of halogens is 3. The van der Waals surface area contributed by atoms with Crippen molar-refractivity contribution in [2.75, 3.05) is 6.61 Å². The molecule has 2 aromatic carbocycles. The highest BCUT2D eigenvalue weighted by Crippen LogP contribution is 2.40. The van der Waals surface area contributed by atoms with Crippen LogP contribution in [0.25, 0.3) is 0 Å². The molecule has 0 saturated carbocycles. The monoisotopic (exact) mass is 414 g/mol. The third kappa shape index (κ3) is 3.05. The molecule has 1 atom stereocenters. The van der Waals surface area contributed by atoms with Gasteiger partial charge in [0.15, 0.2) is 0 Å². The summed E-state index contributed by atoms with van der Waals surface area (Å²) in [6, 6.07) is 12.3. The van der Waals surface area contributed by atoms with Crippen LogP contribution in [0.4, 0.5) is 0 Å². The molecule has 1 heterocycles. The Bertz CT molecular complexity index is 625. The molecule has 0 aliphatic carbocycles. The van der Waals surface area contributed by atoms with Crippen molar-refractivity contribution >= 4 is 43.5 Å². The van der Waals surface area contributed by atoms with E-state index in [4.69, 9.17) is 16.3 Å². The topological polar surface area (TPSA) is 9.23 Å². The second-order valence-corrected chi connectivity index (χ2v) is 7.34. The first-order valence-corrected chi connectivity index (χ1v) is 8.56. The van der Waals surface area contributed by atoms with Gasteiger partial charge in [-0.2, -0.15) is 0 Å². The SMILES string of the molecule is Clc1ccc(CC(Br)c2cc(Br)cc3c2OCC3)cc1. The lowest BCUT2D eigenvalue weighted by molar-refractivity contribution is 0.353. The van der Waals surface area contributed by atoms with Crippen molar-refractivity contribution in [3.05, 3.63) is 62.6 Å². The Labute approximate surface area is 140 Å². The van der Waals surface area contributed by atoms with Crippen LogP contribution in [0.15, 0.2) is 40.9 Å². The molecule has 3 rings (SSSR count). The van der Waals surface area contributed by atoms with E-state index in [9.17, 15) is 0 Å². The molecule has 0 amide bonds. The van der Waals surface area contributed by atoms with E-state index >= 15 is 0 Å². The third-order valence-corrected chi connectivity index (χ3v) is 4.97. The summed E-state index contributed by atoms with van der Waals surface area (Å²) in [7, 11) is 0. The van der Waals surface area contributed by atoms with E-state index in [1.165, 1.54) is 16.7 Å². The van der Waals surface area contributed by atoms with Crippen LogP contribution in [0, 0.1) is 0 Å². The van der Waals surface area contributed by atoms with Crippen LogP contribution in [-0.2, 0) is 12.8 Å². The van der Waals surface area contributed by atoms with E-state index in [1.54, 1.807) is 0 Å². The lowest BCUT2D eigenvalue weighted by Gasteiger charge is -2.15. The van der Waals surface area contributed by atoms with Gasteiger partial charge in [0.2, 0.25) is 0 Å². The van der Waals surface area contributed by atoms with Crippen molar-refractivity contribution in [1.29, 1.82) is 0 Å². The van der Waals surface area contributed by atoms with Gasteiger partial charge in [-0.25, -0.2) is 0 Å². The van der Waals surface area contributed by atoms with Crippen LogP contribution in [-0.4, -0.2) is 6.61 Å². The fourth-order valence-corrected chi connectivity index (χ4v) is 3.83. The van der Waals surface area contributed by atoms with E-state index in [2.05, 4.69) is 56.1 Å². The van der Waals surface area contributed by atoms with Crippen LogP contribution in [0.2, 0.25) is 5.02 Å². The Morgan fingerprint density at radius 3 is 2.70 bits per heavy atom. The summed E-state index contributed by atoms with van der Waals surface area (Å²) in [6.45, 7) is 0.777. The predicted molar refractivity (Wildman–Crippen MR) is 90.2 cm³/mol. The number of ether oxygens (including phenoxy) is 1. The zero-order chi connectivity index (χ0) is 14.1. The Morgan fingerprint density at radius 2 is 1.95 bits per heavy atom. The summed E-state index contributed by atoms with van der Waals surface area (Å²) in [6.07, 6.45) is 1.89. The van der Waals surface area contributed by atoms with E-state index in [-0.39, 0.29) is 4.83 Å². The van der Waals surface area contributed by atoms with Crippen LogP contribution >= 0.6 is 43.5 Å². The van der Waals surface area contributed by atoms with E-state index in [0.29, 0.717) is 0 Å². The molecule has 0 N–H and O–H groups in total. The fraction of sp³-hybridized carbons (Fsp3) is 0.250. The molecular formula is C16H13Br2ClO. The maximum Gasteiger partial charge on any atom is 0.127 e. The van der Waals surface area contributed by atoms with Crippen molar-refractivity contribution in [3.63, 3.8) is 0 Å². The highest BCUT2D eigenvalue weighted by Gasteiger charge is 2.22. The Balaban J connectivity index is 1.87. The molecule has 0 spiro atoms. The van der Waals surface area contributed by atoms with Crippen molar-refractivity contribution in [3.8, 4) is 5.75 Å². The van der Waals surface area contributed by atoms with Gasteiger partial charge in [-0.1, -0.05) is 55.6 Å². The van der Waals surface area contributed by atoms with Gasteiger partial charge in [-0.3, -0.25) is 0 Å². The first kappa shape index (κ1) is 14.4. The largest absolute Gasteiger partial charge is 0.493 e. The average Bonchev–Trinajstić information content (AvgIpc) is 2.88. The number of alkyl halides is 1. The van der Waals surface area contributed by atoms with Crippen LogP contribution in [0.3, 0.4) is 0 Å². The molecule has 0 radical (unpaired) electrons. The molecule has 20 heavy (non-hydrogen) atoms. The van der Waals surface area contributed by atoms with Crippen molar-refractivity contribution in [2.24, 2.45) is 0 Å². The molecule has 4 heteroatoms. The highest BCUT2D eigenvalue weighted by atomic mass is 79.9. The Hall–Kier alpha value is -0.510. The second kappa shape index (κ2) is 6.08. The second-order valence-electron chi connectivity index (χ2n) is 4.88. The molecule has 2 aromatic rings. The summed E-state index contributed by atoms with van der Waals surface area (Å²) in [5.41, 5.74) is 3.75. The predicted octanol–water partition coefficient (Wildman–Crippen LogP) is 5.72. The summed E-state index contributed by atoms with van der Waals surface area (Å²) < 4.78 is 6.90. The van der Waals surface area contributed by atoms with Gasteiger partial charge in [-0.05, 0) is 41.8 Å². The van der Waals surface area contributed by atoms with Gasteiger partial charge in [0.1, 0.15) is 5.75 Å². The number of hydrogen-bond acceptors (Lipinski definition) is 1. The lowest BCUT2D eigenvalue weighted by Crippen LogP contribution is -1.99. The Morgan fingerprint density at radius 1 is 1.20 bits per heavy atom. The van der Waals surface area contributed by atoms with Gasteiger partial charge in [0, 0.05) is 26.3 Å². The van der Waals surface area contributed by atoms with E-state index in [0.717, 1.165) is 34.7 Å². The van der Waals surface area contributed by atoms with E-state index < -0.39 is 0 Å². The molecule has 0 fully saturated rings. The van der Waals surface area contributed by atoms with Gasteiger partial charge in [-0.15, -0.1) is 0 Å². The summed E-state index contributed by atoms with van der Waals surface area (Å²) in [5.74, 6) is 1.05. The maximum absolute atomic E-state index is 5.92. The zero-order valence-corrected chi connectivity index (χ0v) is 14.6. The van der Waals surface area contributed by atoms with Gasteiger partial charge in [0.25, 0.3) is 0 Å². The number of rotatable bonds is 3. The molecule has 0 saturated heterocycles. The Kier molecular flexibility index (Phi) is 4.39. The minimum absolute atomic E-state index is 0.230. The standard InChI is InChI=1S/C16H13Br2ClO/c17-12-8-11-5-6-20-16(11)14(9-12)15(18)7-10-1-3-13(19)4-2-10/h1-4,8-9,15H,5-7H2. The minimum Gasteiger partial charge on any atom is -0.493 e. The van der Waals surface area contributed by atoms with Crippen LogP contribution in [0.1, 0.15) is 21.5 Å². The van der Waals surface area contributed by atoms with E-state index in [1.807, 2.05) is 12.1 Å². The summed E-state index contributed by atoms with van der Waals surface area (Å²) in [5, 5.41) is 0.770. The van der Waals surface area contributed by atoms with Gasteiger partial charge < -0.3 is 4.74 Å². The van der Waals surface area contributed by atoms with Gasteiger partial charge >= 0.3 is 0 Å². The molecule has 1 aliphatic rings. The first-order valence-electron chi connectivity index (χ1n) is 6.47. The molecule has 1 unspecified atom stereocenters. The summed E-state index contributed by atoms with van der Waals surface area (Å²) >= 11 is 13.3. The molecule has 0 bridgehead atoms. The average molecular weight is 417 g/mol. The van der Waals surface area contributed by atoms with Crippen LogP contribution < -0.4 is 4.74 Å². The third-order valence-electron chi connectivity index (χ3n) is 3.44. The number of benzene rings is 2. The molecule has 1 aliphatic heterocycles. The fourth-order valence-electron chi connectivity index (χ4n) is 2.47. The minimum atomic E-state index is 0.230. The number of hydrogen-bond donors (Lipinski definition) is 0. The molecule has 104 valence electrons. The quantitative estimate of drug-likeness (QED) is 0.582. The summed E-state index contributed by atoms with van der Waals surface area (Å²) in [4.78, 5) is 0.230. The van der Waals surface area contributed by atoms with Crippen molar-refractivity contribution < 1.29 is 4.74 Å². The zero-order valence-electron chi connectivity index (χ0n) is 10.7.